The lowest BCUT2D eigenvalue weighted by molar-refractivity contribution is -0.141. The van der Waals surface area contributed by atoms with Gasteiger partial charge in [0.25, 0.3) is 11.5 Å². The van der Waals surface area contributed by atoms with Crippen LogP contribution in [0.4, 0.5) is 0 Å². The van der Waals surface area contributed by atoms with Crippen LogP contribution in [-0.2, 0) is 27.9 Å². The van der Waals surface area contributed by atoms with Crippen molar-refractivity contribution < 1.29 is 14.6 Å². The summed E-state index contributed by atoms with van der Waals surface area (Å²) >= 11 is 7.78. The predicted octanol–water partition coefficient (Wildman–Crippen LogP) is 4.08. The zero-order valence-corrected chi connectivity index (χ0v) is 21.4. The van der Waals surface area contributed by atoms with Crippen molar-refractivity contribution in [3.05, 3.63) is 84.2 Å². The summed E-state index contributed by atoms with van der Waals surface area (Å²) in [7, 11) is 0. The summed E-state index contributed by atoms with van der Waals surface area (Å²) in [6.07, 6.45) is 3.21. The van der Waals surface area contributed by atoms with Crippen LogP contribution in [0, 0.1) is 0 Å². The van der Waals surface area contributed by atoms with E-state index in [4.69, 9.17) is 21.3 Å². The van der Waals surface area contributed by atoms with Gasteiger partial charge in [0, 0.05) is 36.1 Å². The van der Waals surface area contributed by atoms with Gasteiger partial charge in [0.1, 0.15) is 5.82 Å². The molecule has 1 aliphatic carbocycles. The van der Waals surface area contributed by atoms with Crippen LogP contribution in [0.3, 0.4) is 0 Å². The molecule has 0 unspecified atom stereocenters. The number of aliphatic hydroxyl groups excluding tert-OH is 1. The molecule has 2 aromatic heterocycles. The number of fused-ring (bicyclic) bond motifs is 1. The Morgan fingerprint density at radius 1 is 1.28 bits per heavy atom. The largest absolute Gasteiger partial charge is 0.381 e. The third-order valence-electron chi connectivity index (χ3n) is 7.77. The molecule has 6 rings (SSSR count). The summed E-state index contributed by atoms with van der Waals surface area (Å²) in [6, 6.07) is 8.95. The Bertz CT molecular complexity index is 1360. The van der Waals surface area contributed by atoms with Gasteiger partial charge in [0.15, 0.2) is 6.10 Å². The number of ether oxygens (including phenoxy) is 1. The molecule has 7 nitrogen and oxygen atoms in total. The number of nitrogens with one attached hydrogen (secondary N) is 1. The highest BCUT2D eigenvalue weighted by atomic mass is 35.5. The van der Waals surface area contributed by atoms with Crippen molar-refractivity contribution in [2.75, 3.05) is 19.8 Å². The third kappa shape index (κ3) is 4.30. The number of hydrogen-bond acceptors (Lipinski definition) is 6. The molecule has 0 spiro atoms. The quantitative estimate of drug-likeness (QED) is 0.523. The number of aliphatic hydroxyl groups is 1. The van der Waals surface area contributed by atoms with E-state index in [9.17, 15) is 14.7 Å². The Morgan fingerprint density at radius 2 is 2.08 bits per heavy atom. The van der Waals surface area contributed by atoms with E-state index in [1.54, 1.807) is 35.6 Å². The molecule has 36 heavy (non-hydrogen) atoms. The Kier molecular flexibility index (Phi) is 6.24. The number of nitrogens with zero attached hydrogens (tertiary/aromatic N) is 2. The van der Waals surface area contributed by atoms with Crippen LogP contribution in [0.1, 0.15) is 70.8 Å². The maximum absolute atomic E-state index is 13.2. The summed E-state index contributed by atoms with van der Waals surface area (Å²) in [4.78, 5) is 36.9. The first-order valence-electron chi connectivity index (χ1n) is 12.5. The fraction of sp³-hybridized carbons (Fsp3) is 0.444. The fourth-order valence-corrected chi connectivity index (χ4v) is 6.86. The molecule has 2 N–H and O–H groups in total. The number of halogens is 1. The highest BCUT2D eigenvalue weighted by Gasteiger charge is 2.50. The van der Waals surface area contributed by atoms with E-state index < -0.39 is 12.0 Å². The van der Waals surface area contributed by atoms with E-state index in [0.29, 0.717) is 35.0 Å². The number of aromatic nitrogens is 2. The van der Waals surface area contributed by atoms with Crippen LogP contribution < -0.4 is 5.56 Å². The first kappa shape index (κ1) is 23.9. The van der Waals surface area contributed by atoms with E-state index >= 15 is 0 Å². The number of benzene rings is 1. The summed E-state index contributed by atoms with van der Waals surface area (Å²) in [5.74, 6) is 0.843. The number of hydrogen-bond donors (Lipinski definition) is 2. The van der Waals surface area contributed by atoms with Gasteiger partial charge in [-0.3, -0.25) is 9.59 Å². The molecule has 0 bridgehead atoms. The van der Waals surface area contributed by atoms with Crippen molar-refractivity contribution >= 4 is 28.8 Å². The second-order valence-corrected chi connectivity index (χ2v) is 11.4. The van der Waals surface area contributed by atoms with Crippen LogP contribution in [0.25, 0.3) is 0 Å². The lowest BCUT2D eigenvalue weighted by Crippen LogP contribution is -2.42. The van der Waals surface area contributed by atoms with Gasteiger partial charge in [0.2, 0.25) is 0 Å². The third-order valence-corrected chi connectivity index (χ3v) is 9.15. The molecule has 4 heterocycles. The molecule has 9 heteroatoms. The first-order valence-corrected chi connectivity index (χ1v) is 13.7. The molecular formula is C27H28ClN3O4S. The Morgan fingerprint density at radius 3 is 2.83 bits per heavy atom. The van der Waals surface area contributed by atoms with Gasteiger partial charge in [-0.1, -0.05) is 23.7 Å². The van der Waals surface area contributed by atoms with Crippen molar-refractivity contribution in [1.82, 2.24) is 14.9 Å². The van der Waals surface area contributed by atoms with Gasteiger partial charge >= 0.3 is 0 Å². The van der Waals surface area contributed by atoms with Gasteiger partial charge in [-0.05, 0) is 66.3 Å². The van der Waals surface area contributed by atoms with Crippen molar-refractivity contribution in [1.29, 1.82) is 0 Å². The molecule has 1 saturated heterocycles. The standard InChI is InChI=1S/C27H28ClN3O4S/c28-19-3-1-2-17(12-19)23(32)25(34)31-9-4-21-20(14-31)24(33)30-26(29-21)27(7-8-27)22-13-18(15-36-22)16-5-10-35-11-6-16/h1-3,12-13,15-16,23,32H,4-11,14H2,(H,29,30,33)/t23-/m1/s1. The molecule has 188 valence electrons. The number of rotatable bonds is 5. The van der Waals surface area contributed by atoms with Crippen molar-refractivity contribution in [3.63, 3.8) is 0 Å². The van der Waals surface area contributed by atoms with Gasteiger partial charge in [-0.15, -0.1) is 11.3 Å². The zero-order valence-electron chi connectivity index (χ0n) is 19.8. The van der Waals surface area contributed by atoms with E-state index in [-0.39, 0.29) is 17.5 Å². The molecule has 2 fully saturated rings. The van der Waals surface area contributed by atoms with E-state index in [0.717, 1.165) is 50.4 Å². The van der Waals surface area contributed by atoms with Crippen molar-refractivity contribution in [2.45, 2.75) is 56.1 Å². The summed E-state index contributed by atoms with van der Waals surface area (Å²) in [5.41, 5.74) is 2.66. The highest BCUT2D eigenvalue weighted by molar-refractivity contribution is 7.10. The minimum Gasteiger partial charge on any atom is -0.381 e. The van der Waals surface area contributed by atoms with E-state index in [1.165, 1.54) is 15.3 Å². The number of H-pyrrole nitrogens is 1. The number of carbonyl (C=O) groups is 1. The normalized spacial score (nSPS) is 20.1. The average Bonchev–Trinajstić information content (AvgIpc) is 3.57. The summed E-state index contributed by atoms with van der Waals surface area (Å²) in [6.45, 7) is 2.17. The number of aromatic amines is 1. The summed E-state index contributed by atoms with van der Waals surface area (Å²) in [5, 5.41) is 13.3. The van der Waals surface area contributed by atoms with Crippen molar-refractivity contribution in [2.24, 2.45) is 0 Å². The molecule has 1 atom stereocenters. The van der Waals surface area contributed by atoms with E-state index in [1.807, 2.05) is 0 Å². The predicted molar refractivity (Wildman–Crippen MR) is 138 cm³/mol. The molecule has 3 aliphatic rings. The SMILES string of the molecule is O=C([C@H](O)c1cccc(Cl)c1)N1CCc2nc(C3(c4cc(C5CCOCC5)cs4)CC3)[nH]c(=O)c2C1. The smallest absolute Gasteiger partial charge is 0.256 e. The molecule has 1 saturated carbocycles. The lowest BCUT2D eigenvalue weighted by Gasteiger charge is -2.30. The monoisotopic (exact) mass is 525 g/mol. The number of thiophene rings is 1. The second kappa shape index (κ2) is 9.41. The molecule has 1 aromatic carbocycles. The maximum Gasteiger partial charge on any atom is 0.256 e. The van der Waals surface area contributed by atoms with Gasteiger partial charge in [-0.25, -0.2) is 4.98 Å². The number of carbonyl (C=O) groups excluding carboxylic acids is 1. The maximum atomic E-state index is 13.2. The van der Waals surface area contributed by atoms with Crippen LogP contribution in [0.2, 0.25) is 5.02 Å². The average molecular weight is 526 g/mol. The van der Waals surface area contributed by atoms with Crippen molar-refractivity contribution in [3.8, 4) is 0 Å². The van der Waals surface area contributed by atoms with Gasteiger partial charge in [-0.2, -0.15) is 0 Å². The molecule has 0 radical (unpaired) electrons. The second-order valence-electron chi connectivity index (χ2n) is 10.0. The van der Waals surface area contributed by atoms with E-state index in [2.05, 4.69) is 16.4 Å². The Balaban J connectivity index is 1.22. The Labute approximate surface area is 218 Å². The molecular weight excluding hydrogens is 498 g/mol. The molecule has 1 amide bonds. The Hall–Kier alpha value is -2.52. The minimum atomic E-state index is -1.32. The molecule has 2 aliphatic heterocycles. The number of amides is 1. The van der Waals surface area contributed by atoms with Gasteiger partial charge in [0.05, 0.1) is 23.2 Å². The van der Waals surface area contributed by atoms with Gasteiger partial charge < -0.3 is 19.7 Å². The lowest BCUT2D eigenvalue weighted by atomic mass is 9.92. The van der Waals surface area contributed by atoms with Crippen LogP contribution >= 0.6 is 22.9 Å². The zero-order chi connectivity index (χ0) is 24.9. The summed E-state index contributed by atoms with van der Waals surface area (Å²) < 4.78 is 5.52. The molecule has 3 aromatic rings. The minimum absolute atomic E-state index is 0.133. The highest BCUT2D eigenvalue weighted by Crippen LogP contribution is 2.54. The van der Waals surface area contributed by atoms with Crippen LogP contribution in [0.5, 0.6) is 0 Å². The van der Waals surface area contributed by atoms with Crippen LogP contribution in [0.15, 0.2) is 40.5 Å². The topological polar surface area (TPSA) is 95.5 Å². The first-order chi connectivity index (χ1) is 17.4. The van der Waals surface area contributed by atoms with Crippen LogP contribution in [-0.4, -0.2) is 45.6 Å². The fourth-order valence-electron chi connectivity index (χ4n) is 5.40.